The minimum Gasteiger partial charge on any atom is -0.488 e. The second kappa shape index (κ2) is 7.51. The van der Waals surface area contributed by atoms with Gasteiger partial charge in [-0.1, -0.05) is 0 Å². The highest BCUT2D eigenvalue weighted by molar-refractivity contribution is 5.55. The van der Waals surface area contributed by atoms with Gasteiger partial charge in [-0.05, 0) is 43.3 Å². The van der Waals surface area contributed by atoms with E-state index in [2.05, 4.69) is 10.2 Å². The van der Waals surface area contributed by atoms with Crippen LogP contribution in [-0.4, -0.2) is 18.2 Å². The van der Waals surface area contributed by atoms with Crippen LogP contribution in [-0.2, 0) is 11.3 Å². The zero-order chi connectivity index (χ0) is 15.9. The minimum absolute atomic E-state index is 0.0641. The summed E-state index contributed by atoms with van der Waals surface area (Å²) >= 11 is 0. The zero-order valence-electron chi connectivity index (χ0n) is 12.8. The first-order chi connectivity index (χ1) is 10.6. The summed E-state index contributed by atoms with van der Waals surface area (Å²) in [5.41, 5.74) is 1.06. The van der Waals surface area contributed by atoms with E-state index in [0.29, 0.717) is 23.9 Å². The summed E-state index contributed by atoms with van der Waals surface area (Å²) in [6.07, 6.45) is 1.55. The number of methoxy groups -OCH3 is 1. The molecule has 0 spiro atoms. The Morgan fingerprint density at radius 2 is 1.95 bits per heavy atom. The third kappa shape index (κ3) is 4.26. The predicted octanol–water partition coefficient (Wildman–Crippen LogP) is 4.21. The van der Waals surface area contributed by atoms with Crippen LogP contribution < -0.4 is 9.47 Å². The predicted molar refractivity (Wildman–Crippen MR) is 82.7 cm³/mol. The lowest BCUT2D eigenvalue weighted by Crippen LogP contribution is -2.05. The molecule has 2 rings (SSSR count). The summed E-state index contributed by atoms with van der Waals surface area (Å²) in [4.78, 5) is 15.0. The van der Waals surface area contributed by atoms with Crippen LogP contribution in [0.3, 0.4) is 0 Å². The number of benzene rings is 1. The van der Waals surface area contributed by atoms with E-state index in [9.17, 15) is 4.91 Å². The third-order valence-electron chi connectivity index (χ3n) is 2.72. The second-order valence-electron chi connectivity index (χ2n) is 4.91. The lowest BCUT2D eigenvalue weighted by molar-refractivity contribution is 0.181. The second-order valence-corrected chi connectivity index (χ2v) is 4.91. The molecule has 0 aliphatic carbocycles. The van der Waals surface area contributed by atoms with Crippen molar-refractivity contribution in [3.63, 3.8) is 0 Å². The normalized spacial score (nSPS) is 10.5. The molecular weight excluding hydrogens is 284 g/mol. The van der Waals surface area contributed by atoms with Crippen molar-refractivity contribution in [3.8, 4) is 17.2 Å². The Kier molecular flexibility index (Phi) is 5.43. The average molecular weight is 302 g/mol. The summed E-state index contributed by atoms with van der Waals surface area (Å²) in [6, 6.07) is 8.49. The number of nitrogens with zero attached hydrogens (tertiary/aromatic N) is 2. The Morgan fingerprint density at radius 3 is 2.55 bits per heavy atom. The van der Waals surface area contributed by atoms with Crippen molar-refractivity contribution in [3.05, 3.63) is 47.1 Å². The highest BCUT2D eigenvalue weighted by Gasteiger charge is 2.09. The van der Waals surface area contributed by atoms with Gasteiger partial charge in [-0.25, -0.2) is 0 Å². The smallest absolute Gasteiger partial charge is 0.152 e. The van der Waals surface area contributed by atoms with E-state index in [1.165, 1.54) is 0 Å². The van der Waals surface area contributed by atoms with E-state index in [0.717, 1.165) is 5.69 Å². The van der Waals surface area contributed by atoms with Crippen molar-refractivity contribution in [2.75, 3.05) is 7.11 Å². The van der Waals surface area contributed by atoms with Gasteiger partial charge in [0.15, 0.2) is 5.75 Å². The number of ether oxygens (including phenoxy) is 3. The number of pyridine rings is 1. The highest BCUT2D eigenvalue weighted by Crippen LogP contribution is 2.34. The Bertz CT molecular complexity index is 627. The first-order valence-electron chi connectivity index (χ1n) is 6.88. The maximum absolute atomic E-state index is 10.8. The summed E-state index contributed by atoms with van der Waals surface area (Å²) in [6.45, 7) is 4.20. The number of aromatic nitrogens is 1. The number of nitroso groups, excluding NO2 is 1. The Hall–Kier alpha value is -2.47. The van der Waals surface area contributed by atoms with E-state index < -0.39 is 0 Å². The zero-order valence-corrected chi connectivity index (χ0v) is 12.8. The molecule has 6 heteroatoms. The molecule has 0 bridgehead atoms. The van der Waals surface area contributed by atoms with Crippen LogP contribution in [0.2, 0.25) is 0 Å². The topological polar surface area (TPSA) is 70.0 Å². The third-order valence-corrected chi connectivity index (χ3v) is 2.72. The molecule has 1 heterocycles. The fraction of sp³-hybridized carbons (Fsp3) is 0.312. The first-order valence-corrected chi connectivity index (χ1v) is 6.88. The van der Waals surface area contributed by atoms with Crippen molar-refractivity contribution in [1.29, 1.82) is 0 Å². The number of rotatable bonds is 7. The molecule has 0 atom stereocenters. The lowest BCUT2D eigenvalue weighted by Gasteiger charge is -2.13. The summed E-state index contributed by atoms with van der Waals surface area (Å²) in [5, 5.41) is 2.95. The number of hydrogen-bond acceptors (Lipinski definition) is 6. The average Bonchev–Trinajstić information content (AvgIpc) is 2.49. The van der Waals surface area contributed by atoms with Crippen molar-refractivity contribution < 1.29 is 14.2 Å². The molecule has 0 saturated heterocycles. The van der Waals surface area contributed by atoms with Gasteiger partial charge in [0.05, 0.1) is 24.6 Å². The largest absolute Gasteiger partial charge is 0.488 e. The molecule has 0 N–H and O–H groups in total. The molecule has 1 aromatic heterocycles. The van der Waals surface area contributed by atoms with E-state index in [-0.39, 0.29) is 11.8 Å². The van der Waals surface area contributed by atoms with Gasteiger partial charge in [0, 0.05) is 13.2 Å². The molecule has 0 unspecified atom stereocenters. The SMILES string of the molecule is COCc1ccc(Oc2ccc(N=O)c(OC(C)C)c2)cn1. The molecule has 0 aliphatic heterocycles. The molecule has 1 aromatic carbocycles. The molecule has 0 fully saturated rings. The van der Waals surface area contributed by atoms with Crippen LogP contribution in [0.25, 0.3) is 0 Å². The van der Waals surface area contributed by atoms with Gasteiger partial charge in [-0.2, -0.15) is 0 Å². The van der Waals surface area contributed by atoms with E-state index >= 15 is 0 Å². The summed E-state index contributed by atoms with van der Waals surface area (Å²) in [5.74, 6) is 1.53. The van der Waals surface area contributed by atoms with Crippen LogP contribution in [0.4, 0.5) is 5.69 Å². The van der Waals surface area contributed by atoms with Crippen molar-refractivity contribution in [1.82, 2.24) is 4.98 Å². The van der Waals surface area contributed by atoms with E-state index in [1.54, 1.807) is 37.6 Å². The van der Waals surface area contributed by atoms with Gasteiger partial charge in [0.2, 0.25) is 0 Å². The molecule has 0 radical (unpaired) electrons. The minimum atomic E-state index is -0.0641. The van der Waals surface area contributed by atoms with Crippen LogP contribution in [0.5, 0.6) is 17.2 Å². The maximum Gasteiger partial charge on any atom is 0.152 e. The lowest BCUT2D eigenvalue weighted by atomic mass is 10.2. The van der Waals surface area contributed by atoms with Gasteiger partial charge in [0.25, 0.3) is 0 Å². The van der Waals surface area contributed by atoms with Crippen LogP contribution in [0, 0.1) is 4.91 Å². The van der Waals surface area contributed by atoms with E-state index in [1.807, 2.05) is 19.9 Å². The molecule has 22 heavy (non-hydrogen) atoms. The molecule has 2 aromatic rings. The quantitative estimate of drug-likeness (QED) is 0.717. The molecule has 6 nitrogen and oxygen atoms in total. The monoisotopic (exact) mass is 302 g/mol. The molecule has 0 aliphatic rings. The van der Waals surface area contributed by atoms with Crippen LogP contribution in [0.15, 0.2) is 41.7 Å². The Labute approximate surface area is 129 Å². The highest BCUT2D eigenvalue weighted by atomic mass is 16.5. The van der Waals surface area contributed by atoms with Crippen LogP contribution >= 0.6 is 0 Å². The number of hydrogen-bond donors (Lipinski definition) is 0. The van der Waals surface area contributed by atoms with Gasteiger partial charge >= 0.3 is 0 Å². The molecule has 0 saturated carbocycles. The Balaban J connectivity index is 2.16. The standard InChI is InChI=1S/C16H18N2O4/c1-11(2)21-16-8-13(6-7-15(16)18-19)22-14-5-4-12(10-20-3)17-9-14/h4-9,11H,10H2,1-3H3. The van der Waals surface area contributed by atoms with E-state index in [4.69, 9.17) is 14.2 Å². The van der Waals surface area contributed by atoms with Crippen molar-refractivity contribution in [2.24, 2.45) is 5.18 Å². The Morgan fingerprint density at radius 1 is 1.18 bits per heavy atom. The molecular formula is C16H18N2O4. The van der Waals surface area contributed by atoms with Gasteiger partial charge < -0.3 is 14.2 Å². The van der Waals surface area contributed by atoms with Gasteiger partial charge in [-0.3, -0.25) is 4.98 Å². The summed E-state index contributed by atoms with van der Waals surface area (Å²) in [7, 11) is 1.62. The summed E-state index contributed by atoms with van der Waals surface area (Å²) < 4.78 is 16.3. The van der Waals surface area contributed by atoms with Crippen molar-refractivity contribution in [2.45, 2.75) is 26.6 Å². The van der Waals surface area contributed by atoms with Gasteiger partial charge in [-0.15, -0.1) is 4.91 Å². The maximum atomic E-state index is 10.8. The molecule has 0 amide bonds. The fourth-order valence-corrected chi connectivity index (χ4v) is 1.82. The van der Waals surface area contributed by atoms with Gasteiger partial charge in [0.1, 0.15) is 17.2 Å². The fourth-order valence-electron chi connectivity index (χ4n) is 1.82. The van der Waals surface area contributed by atoms with Crippen molar-refractivity contribution >= 4 is 5.69 Å². The van der Waals surface area contributed by atoms with Crippen LogP contribution in [0.1, 0.15) is 19.5 Å². The molecule has 116 valence electrons. The first kappa shape index (κ1) is 15.9.